The molecule has 2 bridgehead atoms. The number of nitrogens with one attached hydrogen (secondary N) is 1. The summed E-state index contributed by atoms with van der Waals surface area (Å²) in [7, 11) is 0. The molecule has 1 N–H and O–H groups in total. The van der Waals surface area contributed by atoms with Gasteiger partial charge >= 0.3 is 0 Å². The molecule has 1 heterocycles. The highest BCUT2D eigenvalue weighted by molar-refractivity contribution is 5.77. The van der Waals surface area contributed by atoms with Crippen molar-refractivity contribution in [1.82, 2.24) is 9.97 Å². The van der Waals surface area contributed by atoms with Crippen molar-refractivity contribution in [3.63, 3.8) is 0 Å². The summed E-state index contributed by atoms with van der Waals surface area (Å²) in [5, 5.41) is 0. The van der Waals surface area contributed by atoms with Crippen molar-refractivity contribution in [1.29, 1.82) is 0 Å². The predicted molar refractivity (Wildman–Crippen MR) is 66.8 cm³/mol. The van der Waals surface area contributed by atoms with Gasteiger partial charge in [-0.25, -0.2) is 4.98 Å². The SMILES string of the molecule is C.c1nc2cc3c(cc2[nH]1)C1CCC3CC1. The van der Waals surface area contributed by atoms with Gasteiger partial charge in [-0.3, -0.25) is 0 Å². The van der Waals surface area contributed by atoms with E-state index in [9.17, 15) is 0 Å². The molecule has 2 heteroatoms. The number of aromatic nitrogens is 2. The van der Waals surface area contributed by atoms with E-state index in [1.165, 1.54) is 31.2 Å². The van der Waals surface area contributed by atoms with E-state index in [1.54, 1.807) is 17.5 Å². The Balaban J connectivity index is 0.000000810. The van der Waals surface area contributed by atoms with Crippen LogP contribution in [-0.4, -0.2) is 9.97 Å². The van der Waals surface area contributed by atoms with E-state index in [-0.39, 0.29) is 7.43 Å². The first-order valence-corrected chi connectivity index (χ1v) is 5.89. The van der Waals surface area contributed by atoms with Gasteiger partial charge in [-0.05, 0) is 60.8 Å². The van der Waals surface area contributed by atoms with Crippen LogP contribution in [0.15, 0.2) is 18.5 Å². The van der Waals surface area contributed by atoms with Gasteiger partial charge in [-0.1, -0.05) is 7.43 Å². The molecule has 2 nitrogen and oxygen atoms in total. The Kier molecular flexibility index (Phi) is 2.06. The van der Waals surface area contributed by atoms with Crippen LogP contribution >= 0.6 is 0 Å². The first kappa shape index (κ1) is 9.88. The van der Waals surface area contributed by atoms with E-state index in [1.807, 2.05) is 0 Å². The first-order chi connectivity index (χ1) is 7.42. The molecule has 0 radical (unpaired) electrons. The highest BCUT2D eigenvalue weighted by atomic mass is 14.9. The van der Waals surface area contributed by atoms with Crippen LogP contribution in [0.5, 0.6) is 0 Å². The average molecular weight is 214 g/mol. The summed E-state index contributed by atoms with van der Waals surface area (Å²) in [6.45, 7) is 0. The molecule has 16 heavy (non-hydrogen) atoms. The molecule has 0 spiro atoms. The highest BCUT2D eigenvalue weighted by Gasteiger charge is 2.33. The number of hydrogen-bond donors (Lipinski definition) is 1. The zero-order valence-corrected chi connectivity index (χ0v) is 8.66. The minimum Gasteiger partial charge on any atom is -0.345 e. The lowest BCUT2D eigenvalue weighted by Crippen LogP contribution is -2.21. The van der Waals surface area contributed by atoms with Crippen LogP contribution in [0.3, 0.4) is 0 Å². The molecular formula is C14H18N2. The van der Waals surface area contributed by atoms with Crippen molar-refractivity contribution in [2.24, 2.45) is 0 Å². The Morgan fingerprint density at radius 2 is 1.62 bits per heavy atom. The fraction of sp³-hybridized carbons (Fsp3) is 0.500. The molecule has 2 aromatic rings. The van der Waals surface area contributed by atoms with Gasteiger partial charge in [0.25, 0.3) is 0 Å². The van der Waals surface area contributed by atoms with Gasteiger partial charge in [0, 0.05) is 0 Å². The molecule has 0 amide bonds. The second-order valence-corrected chi connectivity index (χ2v) is 4.95. The van der Waals surface area contributed by atoms with Gasteiger partial charge in [-0.2, -0.15) is 0 Å². The summed E-state index contributed by atoms with van der Waals surface area (Å²) < 4.78 is 0. The molecule has 84 valence electrons. The third-order valence-corrected chi connectivity index (χ3v) is 4.23. The van der Waals surface area contributed by atoms with E-state index in [0.29, 0.717) is 0 Å². The molecule has 5 rings (SSSR count). The molecule has 0 aliphatic heterocycles. The molecular weight excluding hydrogens is 196 g/mol. The topological polar surface area (TPSA) is 28.7 Å². The van der Waals surface area contributed by atoms with E-state index >= 15 is 0 Å². The molecule has 1 aromatic carbocycles. The van der Waals surface area contributed by atoms with E-state index < -0.39 is 0 Å². The number of H-pyrrole nitrogens is 1. The van der Waals surface area contributed by atoms with Gasteiger partial charge in [-0.15, -0.1) is 0 Å². The second-order valence-electron chi connectivity index (χ2n) is 4.95. The lowest BCUT2D eigenvalue weighted by atomic mass is 9.67. The van der Waals surface area contributed by atoms with Gasteiger partial charge in [0.15, 0.2) is 0 Å². The van der Waals surface area contributed by atoms with Crippen LogP contribution in [-0.2, 0) is 0 Å². The van der Waals surface area contributed by atoms with Crippen molar-refractivity contribution in [2.75, 3.05) is 0 Å². The van der Waals surface area contributed by atoms with E-state index in [4.69, 9.17) is 0 Å². The zero-order valence-electron chi connectivity index (χ0n) is 8.66. The maximum atomic E-state index is 4.35. The second kappa shape index (κ2) is 3.34. The van der Waals surface area contributed by atoms with Crippen LogP contribution in [0.25, 0.3) is 11.0 Å². The van der Waals surface area contributed by atoms with E-state index in [2.05, 4.69) is 22.1 Å². The Hall–Kier alpha value is -1.31. The van der Waals surface area contributed by atoms with Gasteiger partial charge in [0.1, 0.15) is 0 Å². The summed E-state index contributed by atoms with van der Waals surface area (Å²) >= 11 is 0. The number of imidazole rings is 1. The van der Waals surface area contributed by atoms with Gasteiger partial charge < -0.3 is 4.98 Å². The maximum absolute atomic E-state index is 4.35. The minimum absolute atomic E-state index is 0. The minimum atomic E-state index is 0. The zero-order chi connectivity index (χ0) is 9.83. The normalized spacial score (nSPS) is 26.5. The summed E-state index contributed by atoms with van der Waals surface area (Å²) in [6.07, 6.45) is 7.40. The number of aromatic amines is 1. The molecule has 1 fully saturated rings. The third kappa shape index (κ3) is 1.16. The number of nitrogens with zero attached hydrogens (tertiary/aromatic N) is 1. The maximum Gasteiger partial charge on any atom is 0.0931 e. The standard InChI is InChI=1S/C13H14N2.CH4/c1-2-9-4-3-8(1)10-5-12-13(6-11(9)10)15-7-14-12;/h5-9H,1-4H2,(H,14,15);1H4. The van der Waals surface area contributed by atoms with Crippen molar-refractivity contribution >= 4 is 11.0 Å². The molecule has 1 aromatic heterocycles. The Labute approximate surface area is 96.1 Å². The van der Waals surface area contributed by atoms with Crippen LogP contribution in [0.2, 0.25) is 0 Å². The molecule has 1 saturated carbocycles. The smallest absolute Gasteiger partial charge is 0.0931 e. The van der Waals surface area contributed by atoms with E-state index in [0.717, 1.165) is 17.4 Å². The fourth-order valence-electron chi connectivity index (χ4n) is 3.44. The van der Waals surface area contributed by atoms with Crippen LogP contribution < -0.4 is 0 Å². The lowest BCUT2D eigenvalue weighted by Gasteiger charge is -2.38. The van der Waals surface area contributed by atoms with Gasteiger partial charge in [0.05, 0.1) is 17.4 Å². The highest BCUT2D eigenvalue weighted by Crippen LogP contribution is 2.49. The molecule has 0 unspecified atom stereocenters. The number of hydrogen-bond acceptors (Lipinski definition) is 1. The third-order valence-electron chi connectivity index (χ3n) is 4.23. The average Bonchev–Trinajstić information content (AvgIpc) is 2.75. The quantitative estimate of drug-likeness (QED) is 0.706. The Morgan fingerprint density at radius 1 is 1.00 bits per heavy atom. The van der Waals surface area contributed by atoms with Crippen molar-refractivity contribution in [3.05, 3.63) is 29.6 Å². The van der Waals surface area contributed by atoms with Crippen LogP contribution in [0.1, 0.15) is 56.1 Å². The molecule has 0 saturated heterocycles. The van der Waals surface area contributed by atoms with Crippen molar-refractivity contribution < 1.29 is 0 Å². The molecule has 0 atom stereocenters. The summed E-state index contributed by atoms with van der Waals surface area (Å²) in [4.78, 5) is 7.57. The largest absolute Gasteiger partial charge is 0.345 e. The van der Waals surface area contributed by atoms with Crippen LogP contribution in [0, 0.1) is 0 Å². The fourth-order valence-corrected chi connectivity index (χ4v) is 3.44. The lowest BCUT2D eigenvalue weighted by molar-refractivity contribution is 0.359. The predicted octanol–water partition coefficient (Wildman–Crippen LogP) is 3.95. The van der Waals surface area contributed by atoms with Crippen LogP contribution in [0.4, 0.5) is 0 Å². The number of benzene rings is 1. The number of fused-ring (bicyclic) bond motifs is 3. The van der Waals surface area contributed by atoms with Crippen molar-refractivity contribution in [2.45, 2.75) is 44.9 Å². The van der Waals surface area contributed by atoms with Crippen molar-refractivity contribution in [3.8, 4) is 0 Å². The Morgan fingerprint density at radius 3 is 2.31 bits per heavy atom. The first-order valence-electron chi connectivity index (χ1n) is 5.89. The summed E-state index contributed by atoms with van der Waals surface area (Å²) in [5.41, 5.74) is 5.55. The molecule has 3 aliphatic carbocycles. The Bertz CT molecular complexity index is 473. The summed E-state index contributed by atoms with van der Waals surface area (Å²) in [5.74, 6) is 1.66. The monoisotopic (exact) mass is 214 g/mol. The molecule has 3 aliphatic rings. The number of rotatable bonds is 0. The summed E-state index contributed by atoms with van der Waals surface area (Å²) in [6, 6.07) is 4.66. The van der Waals surface area contributed by atoms with Gasteiger partial charge in [0.2, 0.25) is 0 Å².